The van der Waals surface area contributed by atoms with Gasteiger partial charge in [0.25, 0.3) is 0 Å². The lowest BCUT2D eigenvalue weighted by Gasteiger charge is -2.41. The van der Waals surface area contributed by atoms with Crippen LogP contribution in [0.25, 0.3) is 0 Å². The number of anilines is 1. The summed E-state index contributed by atoms with van der Waals surface area (Å²) in [6.45, 7) is 3.78. The van der Waals surface area contributed by atoms with Gasteiger partial charge in [0.05, 0.1) is 11.1 Å². The van der Waals surface area contributed by atoms with E-state index in [1.165, 1.54) is 6.07 Å². The highest BCUT2D eigenvalue weighted by Gasteiger charge is 2.50. The van der Waals surface area contributed by atoms with Crippen LogP contribution in [0.15, 0.2) is 18.2 Å². The summed E-state index contributed by atoms with van der Waals surface area (Å²) < 4.78 is 19.6. The maximum absolute atomic E-state index is 14.1. The van der Waals surface area contributed by atoms with Crippen LogP contribution in [0, 0.1) is 17.3 Å². The SMILES string of the molecule is O=C1N(C2CCOCC2)CC[C@@]12CCCN(c1cc[c]cc1F)C2. The maximum Gasteiger partial charge on any atom is 0.230 e. The lowest BCUT2D eigenvalue weighted by Crippen LogP contribution is -2.50. The van der Waals surface area contributed by atoms with Gasteiger partial charge in [0.1, 0.15) is 5.82 Å². The molecule has 0 saturated carbocycles. The number of piperidine rings is 1. The molecular weight excluding hydrogens is 307 g/mol. The van der Waals surface area contributed by atoms with Crippen LogP contribution in [0.5, 0.6) is 0 Å². The van der Waals surface area contributed by atoms with Gasteiger partial charge in [0.15, 0.2) is 0 Å². The first-order valence-electron chi connectivity index (χ1n) is 8.99. The van der Waals surface area contributed by atoms with Crippen LogP contribution in [0.4, 0.5) is 10.1 Å². The average molecular weight is 331 g/mol. The second kappa shape index (κ2) is 6.36. The van der Waals surface area contributed by atoms with Gasteiger partial charge in [-0.1, -0.05) is 6.07 Å². The number of nitrogens with zero attached hydrogens (tertiary/aromatic N) is 2. The van der Waals surface area contributed by atoms with E-state index in [-0.39, 0.29) is 17.1 Å². The molecular formula is C19H24FN2O2. The number of carbonyl (C=O) groups is 1. The molecule has 3 aliphatic heterocycles. The smallest absolute Gasteiger partial charge is 0.230 e. The van der Waals surface area contributed by atoms with Crippen molar-refractivity contribution in [1.29, 1.82) is 0 Å². The van der Waals surface area contributed by atoms with Gasteiger partial charge >= 0.3 is 0 Å². The molecule has 1 spiro atoms. The van der Waals surface area contributed by atoms with Crippen molar-refractivity contribution < 1.29 is 13.9 Å². The molecule has 1 amide bonds. The minimum Gasteiger partial charge on any atom is -0.381 e. The van der Waals surface area contributed by atoms with E-state index in [2.05, 4.69) is 15.9 Å². The number of likely N-dealkylation sites (tertiary alicyclic amines) is 1. The summed E-state index contributed by atoms with van der Waals surface area (Å²) in [6, 6.07) is 7.98. The molecule has 0 aromatic heterocycles. The standard InChI is InChI=1S/C19H24FN2O2/c20-16-4-1-2-5-17(16)21-10-3-8-19(14-21)9-11-22(18(19)23)15-6-12-24-13-7-15/h2,4-5,15H,3,6-14H2/t19-/m1/s1. The number of halogens is 1. The van der Waals surface area contributed by atoms with Crippen LogP contribution < -0.4 is 4.90 Å². The van der Waals surface area contributed by atoms with E-state index in [1.807, 2.05) is 0 Å². The molecule has 1 radical (unpaired) electrons. The molecule has 129 valence electrons. The molecule has 3 aliphatic rings. The van der Waals surface area contributed by atoms with Crippen molar-refractivity contribution >= 4 is 11.6 Å². The molecule has 4 nitrogen and oxygen atoms in total. The fourth-order valence-electron chi connectivity index (χ4n) is 4.57. The number of benzene rings is 1. The fraction of sp³-hybridized carbons (Fsp3) is 0.632. The number of hydrogen-bond donors (Lipinski definition) is 0. The summed E-state index contributed by atoms with van der Waals surface area (Å²) in [7, 11) is 0. The Morgan fingerprint density at radius 1 is 1.25 bits per heavy atom. The molecule has 0 bridgehead atoms. The highest BCUT2D eigenvalue weighted by Crippen LogP contribution is 2.43. The Morgan fingerprint density at radius 2 is 2.08 bits per heavy atom. The van der Waals surface area contributed by atoms with Crippen LogP contribution in [0.3, 0.4) is 0 Å². The molecule has 0 N–H and O–H groups in total. The van der Waals surface area contributed by atoms with Crippen LogP contribution in [-0.4, -0.2) is 49.7 Å². The van der Waals surface area contributed by atoms with Crippen LogP contribution >= 0.6 is 0 Å². The first-order chi connectivity index (χ1) is 11.7. The van der Waals surface area contributed by atoms with Gasteiger partial charge in [-0.05, 0) is 50.3 Å². The summed E-state index contributed by atoms with van der Waals surface area (Å²) in [5, 5.41) is 0. The molecule has 1 aromatic carbocycles. The molecule has 3 heterocycles. The minimum absolute atomic E-state index is 0.249. The molecule has 3 saturated heterocycles. The summed E-state index contributed by atoms with van der Waals surface area (Å²) in [5.74, 6) is 0.0308. The largest absolute Gasteiger partial charge is 0.381 e. The monoisotopic (exact) mass is 331 g/mol. The number of ether oxygens (including phenoxy) is 1. The Kier molecular flexibility index (Phi) is 4.21. The van der Waals surface area contributed by atoms with Crippen molar-refractivity contribution in [2.24, 2.45) is 5.41 Å². The minimum atomic E-state index is -0.331. The Balaban J connectivity index is 1.53. The van der Waals surface area contributed by atoms with Crippen LogP contribution in [-0.2, 0) is 9.53 Å². The molecule has 0 unspecified atom stereocenters. The number of rotatable bonds is 2. The average Bonchev–Trinajstić information content (AvgIpc) is 2.92. The van der Waals surface area contributed by atoms with Gasteiger partial charge in [0, 0.05) is 38.9 Å². The molecule has 1 atom stereocenters. The van der Waals surface area contributed by atoms with Crippen molar-refractivity contribution in [2.45, 2.75) is 38.1 Å². The fourth-order valence-corrected chi connectivity index (χ4v) is 4.57. The van der Waals surface area contributed by atoms with Gasteiger partial charge in [-0.25, -0.2) is 4.39 Å². The van der Waals surface area contributed by atoms with E-state index in [1.54, 1.807) is 12.1 Å². The van der Waals surface area contributed by atoms with E-state index < -0.39 is 0 Å². The normalized spacial score (nSPS) is 28.8. The zero-order valence-electron chi connectivity index (χ0n) is 14.0. The van der Waals surface area contributed by atoms with Gasteiger partial charge in [0.2, 0.25) is 5.91 Å². The lowest BCUT2D eigenvalue weighted by molar-refractivity contribution is -0.139. The molecule has 0 aliphatic carbocycles. The zero-order chi connectivity index (χ0) is 16.6. The number of carbonyl (C=O) groups excluding carboxylic acids is 1. The Bertz CT molecular complexity index is 617. The third-order valence-electron chi connectivity index (χ3n) is 5.89. The number of amides is 1. The molecule has 5 heteroatoms. The van der Waals surface area contributed by atoms with Crippen molar-refractivity contribution in [1.82, 2.24) is 4.90 Å². The van der Waals surface area contributed by atoms with Gasteiger partial charge in [-0.15, -0.1) is 0 Å². The second-order valence-corrected chi connectivity index (χ2v) is 7.28. The third kappa shape index (κ3) is 2.69. The summed E-state index contributed by atoms with van der Waals surface area (Å²) in [5.41, 5.74) is 0.271. The number of hydrogen-bond acceptors (Lipinski definition) is 3. The highest BCUT2D eigenvalue weighted by atomic mass is 19.1. The zero-order valence-corrected chi connectivity index (χ0v) is 14.0. The van der Waals surface area contributed by atoms with E-state index in [9.17, 15) is 9.18 Å². The molecule has 3 fully saturated rings. The summed E-state index contributed by atoms with van der Waals surface area (Å²) in [6.07, 6.45) is 4.62. The van der Waals surface area contributed by atoms with Gasteiger partial charge < -0.3 is 14.5 Å². The highest BCUT2D eigenvalue weighted by molar-refractivity contribution is 5.86. The molecule has 4 rings (SSSR count). The van der Waals surface area contributed by atoms with Crippen molar-refractivity contribution in [3.63, 3.8) is 0 Å². The summed E-state index contributed by atoms with van der Waals surface area (Å²) >= 11 is 0. The van der Waals surface area contributed by atoms with E-state index >= 15 is 0 Å². The first kappa shape index (κ1) is 15.9. The molecule has 1 aromatic rings. The quantitative estimate of drug-likeness (QED) is 0.835. The van der Waals surface area contributed by atoms with Crippen molar-refractivity contribution in [3.8, 4) is 0 Å². The first-order valence-corrected chi connectivity index (χ1v) is 8.99. The van der Waals surface area contributed by atoms with Crippen molar-refractivity contribution in [2.75, 3.05) is 37.7 Å². The molecule has 24 heavy (non-hydrogen) atoms. The Labute approximate surface area is 142 Å². The Hall–Kier alpha value is -1.62. The van der Waals surface area contributed by atoms with Gasteiger partial charge in [-0.2, -0.15) is 0 Å². The topological polar surface area (TPSA) is 32.8 Å². The van der Waals surface area contributed by atoms with E-state index in [4.69, 9.17) is 4.74 Å². The van der Waals surface area contributed by atoms with E-state index in [0.29, 0.717) is 18.3 Å². The van der Waals surface area contributed by atoms with Gasteiger partial charge in [-0.3, -0.25) is 4.79 Å². The van der Waals surface area contributed by atoms with E-state index in [0.717, 1.165) is 58.4 Å². The Morgan fingerprint density at radius 3 is 2.88 bits per heavy atom. The predicted octanol–water partition coefficient (Wildman–Crippen LogP) is 2.62. The maximum atomic E-state index is 14.1. The lowest BCUT2D eigenvalue weighted by atomic mass is 9.78. The van der Waals surface area contributed by atoms with Crippen molar-refractivity contribution in [3.05, 3.63) is 30.1 Å². The van der Waals surface area contributed by atoms with Crippen LogP contribution in [0.1, 0.15) is 32.1 Å². The predicted molar refractivity (Wildman–Crippen MR) is 89.3 cm³/mol. The second-order valence-electron chi connectivity index (χ2n) is 7.28. The van der Waals surface area contributed by atoms with Crippen LogP contribution in [0.2, 0.25) is 0 Å². The summed E-state index contributed by atoms with van der Waals surface area (Å²) in [4.78, 5) is 17.3. The third-order valence-corrected chi connectivity index (χ3v) is 5.89.